The van der Waals surface area contributed by atoms with Gasteiger partial charge in [-0.05, 0) is 13.0 Å². The van der Waals surface area contributed by atoms with E-state index >= 15 is 0 Å². The summed E-state index contributed by atoms with van der Waals surface area (Å²) in [5, 5.41) is 12.2. The third-order valence-electron chi connectivity index (χ3n) is 2.38. The van der Waals surface area contributed by atoms with Crippen molar-refractivity contribution in [2.75, 3.05) is 19.8 Å². The molecule has 0 saturated carbocycles. The van der Waals surface area contributed by atoms with Crippen molar-refractivity contribution in [3.63, 3.8) is 0 Å². The van der Waals surface area contributed by atoms with Crippen molar-refractivity contribution in [2.45, 2.75) is 13.0 Å². The first-order chi connectivity index (χ1) is 8.15. The lowest BCUT2D eigenvalue weighted by Crippen LogP contribution is -2.24. The van der Waals surface area contributed by atoms with Gasteiger partial charge in [0.25, 0.3) is 0 Å². The standard InChI is InChI=1S/C13H18FNO2/c1-3-7-17-8-6-15-10(2)12-5-4-11(16)9-13(12)14/h3-5,9-10,15-16H,1,6-8H2,2H3. The van der Waals surface area contributed by atoms with Crippen LogP contribution in [-0.4, -0.2) is 24.9 Å². The van der Waals surface area contributed by atoms with E-state index in [1.807, 2.05) is 6.92 Å². The van der Waals surface area contributed by atoms with Crippen molar-refractivity contribution in [3.8, 4) is 5.75 Å². The molecule has 0 fully saturated rings. The first kappa shape index (κ1) is 13.7. The number of rotatable bonds is 7. The summed E-state index contributed by atoms with van der Waals surface area (Å²) in [5.41, 5.74) is 0.534. The lowest BCUT2D eigenvalue weighted by Gasteiger charge is -2.15. The predicted octanol–water partition coefficient (Wildman–Crippen LogP) is 2.38. The van der Waals surface area contributed by atoms with Gasteiger partial charge in [0, 0.05) is 24.2 Å². The Balaban J connectivity index is 2.41. The molecule has 0 spiro atoms. The third-order valence-corrected chi connectivity index (χ3v) is 2.38. The van der Waals surface area contributed by atoms with E-state index in [0.717, 1.165) is 6.07 Å². The average Bonchev–Trinajstić information content (AvgIpc) is 2.28. The van der Waals surface area contributed by atoms with Crippen LogP contribution in [0.25, 0.3) is 0 Å². The van der Waals surface area contributed by atoms with Crippen LogP contribution < -0.4 is 5.32 Å². The van der Waals surface area contributed by atoms with Gasteiger partial charge in [-0.25, -0.2) is 4.39 Å². The van der Waals surface area contributed by atoms with Gasteiger partial charge in [-0.1, -0.05) is 12.1 Å². The number of halogens is 1. The van der Waals surface area contributed by atoms with Gasteiger partial charge in [0.1, 0.15) is 11.6 Å². The van der Waals surface area contributed by atoms with Crippen molar-refractivity contribution in [2.24, 2.45) is 0 Å². The number of phenolic OH excluding ortho intramolecular Hbond substituents is 1. The highest BCUT2D eigenvalue weighted by molar-refractivity contribution is 5.29. The van der Waals surface area contributed by atoms with Crippen molar-refractivity contribution in [1.29, 1.82) is 0 Å². The molecular formula is C13H18FNO2. The van der Waals surface area contributed by atoms with Gasteiger partial charge >= 0.3 is 0 Å². The van der Waals surface area contributed by atoms with Gasteiger partial charge in [0.15, 0.2) is 0 Å². The molecule has 0 aromatic heterocycles. The van der Waals surface area contributed by atoms with Crippen molar-refractivity contribution >= 4 is 0 Å². The minimum Gasteiger partial charge on any atom is -0.508 e. The second kappa shape index (κ2) is 7.04. The van der Waals surface area contributed by atoms with Crippen LogP contribution in [0.15, 0.2) is 30.9 Å². The molecular weight excluding hydrogens is 221 g/mol. The zero-order chi connectivity index (χ0) is 12.7. The van der Waals surface area contributed by atoms with Crippen LogP contribution >= 0.6 is 0 Å². The molecule has 17 heavy (non-hydrogen) atoms. The summed E-state index contributed by atoms with van der Waals surface area (Å²) in [6.45, 7) is 7.11. The fraction of sp³-hybridized carbons (Fsp3) is 0.385. The molecule has 1 rings (SSSR count). The summed E-state index contributed by atoms with van der Waals surface area (Å²) in [5.74, 6) is -0.468. The van der Waals surface area contributed by atoms with E-state index in [-0.39, 0.29) is 11.8 Å². The molecule has 0 bridgehead atoms. The van der Waals surface area contributed by atoms with Gasteiger partial charge in [0.05, 0.1) is 13.2 Å². The number of benzene rings is 1. The van der Waals surface area contributed by atoms with Crippen LogP contribution in [0.2, 0.25) is 0 Å². The Hall–Kier alpha value is -1.39. The quantitative estimate of drug-likeness (QED) is 0.567. The van der Waals surface area contributed by atoms with Gasteiger partial charge < -0.3 is 15.2 Å². The fourth-order valence-electron chi connectivity index (χ4n) is 1.49. The van der Waals surface area contributed by atoms with E-state index in [1.54, 1.807) is 12.1 Å². The summed E-state index contributed by atoms with van der Waals surface area (Å²) in [6, 6.07) is 4.04. The summed E-state index contributed by atoms with van der Waals surface area (Å²) < 4.78 is 18.7. The van der Waals surface area contributed by atoms with Gasteiger partial charge in [-0.15, -0.1) is 6.58 Å². The molecule has 0 amide bonds. The molecule has 94 valence electrons. The molecule has 1 aromatic rings. The summed E-state index contributed by atoms with van der Waals surface area (Å²) in [4.78, 5) is 0. The molecule has 0 aliphatic carbocycles. The largest absolute Gasteiger partial charge is 0.508 e. The molecule has 1 aromatic carbocycles. The molecule has 2 N–H and O–H groups in total. The number of hydrogen-bond donors (Lipinski definition) is 2. The Morgan fingerprint density at radius 2 is 2.35 bits per heavy atom. The zero-order valence-electron chi connectivity index (χ0n) is 9.95. The highest BCUT2D eigenvalue weighted by Crippen LogP contribution is 2.20. The van der Waals surface area contributed by atoms with Crippen molar-refractivity contribution in [3.05, 3.63) is 42.2 Å². The lowest BCUT2D eigenvalue weighted by molar-refractivity contribution is 0.161. The van der Waals surface area contributed by atoms with E-state index in [0.29, 0.717) is 25.3 Å². The average molecular weight is 239 g/mol. The number of phenols is 1. The van der Waals surface area contributed by atoms with E-state index < -0.39 is 5.82 Å². The first-order valence-electron chi connectivity index (χ1n) is 5.55. The molecule has 4 heteroatoms. The van der Waals surface area contributed by atoms with Crippen LogP contribution in [0.1, 0.15) is 18.5 Å². The van der Waals surface area contributed by atoms with E-state index in [2.05, 4.69) is 11.9 Å². The van der Waals surface area contributed by atoms with E-state index in [4.69, 9.17) is 9.84 Å². The Kier molecular flexibility index (Phi) is 5.66. The first-order valence-corrected chi connectivity index (χ1v) is 5.55. The second-order valence-electron chi connectivity index (χ2n) is 3.75. The summed E-state index contributed by atoms with van der Waals surface area (Å²) >= 11 is 0. The smallest absolute Gasteiger partial charge is 0.131 e. The normalized spacial score (nSPS) is 12.4. The Morgan fingerprint density at radius 1 is 1.59 bits per heavy atom. The maximum Gasteiger partial charge on any atom is 0.131 e. The van der Waals surface area contributed by atoms with Crippen molar-refractivity contribution in [1.82, 2.24) is 5.32 Å². The molecule has 3 nitrogen and oxygen atoms in total. The number of hydrogen-bond acceptors (Lipinski definition) is 3. The Morgan fingerprint density at radius 3 is 3.00 bits per heavy atom. The molecule has 0 radical (unpaired) electrons. The summed E-state index contributed by atoms with van der Waals surface area (Å²) in [6.07, 6.45) is 1.68. The van der Waals surface area contributed by atoms with E-state index in [1.165, 1.54) is 6.07 Å². The minimum atomic E-state index is -0.406. The number of ether oxygens (including phenoxy) is 1. The Labute approximate surface area is 101 Å². The zero-order valence-corrected chi connectivity index (χ0v) is 9.95. The SMILES string of the molecule is C=CCOCCNC(C)c1ccc(O)cc1F. The van der Waals surface area contributed by atoms with Gasteiger partial charge in [-0.3, -0.25) is 0 Å². The lowest BCUT2D eigenvalue weighted by atomic mass is 10.1. The molecule has 1 unspecified atom stereocenters. The third kappa shape index (κ3) is 4.54. The van der Waals surface area contributed by atoms with Crippen LogP contribution in [0.5, 0.6) is 5.75 Å². The fourth-order valence-corrected chi connectivity index (χ4v) is 1.49. The molecule has 0 saturated heterocycles. The molecule has 0 aliphatic rings. The van der Waals surface area contributed by atoms with Crippen LogP contribution in [0, 0.1) is 5.82 Å². The highest BCUT2D eigenvalue weighted by atomic mass is 19.1. The molecule has 0 aliphatic heterocycles. The number of aromatic hydroxyl groups is 1. The Bertz CT molecular complexity index is 368. The topological polar surface area (TPSA) is 41.5 Å². The number of nitrogens with one attached hydrogen (secondary N) is 1. The maximum absolute atomic E-state index is 13.5. The van der Waals surface area contributed by atoms with Gasteiger partial charge in [-0.2, -0.15) is 0 Å². The van der Waals surface area contributed by atoms with Gasteiger partial charge in [0.2, 0.25) is 0 Å². The maximum atomic E-state index is 13.5. The summed E-state index contributed by atoms with van der Waals surface area (Å²) in [7, 11) is 0. The van der Waals surface area contributed by atoms with Crippen molar-refractivity contribution < 1.29 is 14.2 Å². The molecule has 1 atom stereocenters. The van der Waals surface area contributed by atoms with Crippen LogP contribution in [0.4, 0.5) is 4.39 Å². The molecule has 0 heterocycles. The predicted molar refractivity (Wildman–Crippen MR) is 65.5 cm³/mol. The monoisotopic (exact) mass is 239 g/mol. The highest BCUT2D eigenvalue weighted by Gasteiger charge is 2.10. The minimum absolute atomic E-state index is 0.0623. The second-order valence-corrected chi connectivity index (χ2v) is 3.75. The van der Waals surface area contributed by atoms with E-state index in [9.17, 15) is 4.39 Å². The van der Waals surface area contributed by atoms with Crippen LogP contribution in [0.3, 0.4) is 0 Å². The van der Waals surface area contributed by atoms with Crippen LogP contribution in [-0.2, 0) is 4.74 Å².